The monoisotopic (exact) mass is 282 g/mol. The fourth-order valence-corrected chi connectivity index (χ4v) is 1.52. The van der Waals surface area contributed by atoms with Crippen LogP contribution in [0.2, 0.25) is 5.02 Å². The van der Waals surface area contributed by atoms with Crippen molar-refractivity contribution in [1.82, 2.24) is 0 Å². The minimum absolute atomic E-state index is 0.303. The minimum Gasteiger partial charge on any atom is -0.481 e. The van der Waals surface area contributed by atoms with E-state index in [0.29, 0.717) is 10.6 Å². The summed E-state index contributed by atoms with van der Waals surface area (Å²) in [5.74, 6) is -2.44. The van der Waals surface area contributed by atoms with Crippen LogP contribution in [0, 0.1) is 0 Å². The van der Waals surface area contributed by atoms with Gasteiger partial charge in [-0.2, -0.15) is 13.2 Å². The number of hydrogen-bond acceptors (Lipinski definition) is 2. The maximum absolute atomic E-state index is 11.9. The van der Waals surface area contributed by atoms with Gasteiger partial charge < -0.3 is 9.84 Å². The van der Waals surface area contributed by atoms with Crippen molar-refractivity contribution in [3.8, 4) is 0 Å². The van der Waals surface area contributed by atoms with Crippen LogP contribution < -0.4 is 0 Å². The third-order valence-corrected chi connectivity index (χ3v) is 2.33. The van der Waals surface area contributed by atoms with Gasteiger partial charge in [-0.15, -0.1) is 0 Å². The van der Waals surface area contributed by atoms with Gasteiger partial charge in [-0.3, -0.25) is 4.79 Å². The predicted octanol–water partition coefficient (Wildman–Crippen LogP) is 3.09. The summed E-state index contributed by atoms with van der Waals surface area (Å²) in [5.41, 5.74) is 0.303. The van der Waals surface area contributed by atoms with Crippen LogP contribution in [0.5, 0.6) is 0 Å². The van der Waals surface area contributed by atoms with Crippen LogP contribution in [0.4, 0.5) is 13.2 Å². The van der Waals surface area contributed by atoms with Crippen LogP contribution in [0.15, 0.2) is 24.3 Å². The Balaban J connectivity index is 2.69. The Labute approximate surface area is 106 Å². The number of halogens is 4. The molecule has 1 atom stereocenters. The molecule has 0 aromatic heterocycles. The first kappa shape index (κ1) is 14.8. The highest BCUT2D eigenvalue weighted by Gasteiger charge is 2.29. The average molecular weight is 283 g/mol. The molecular formula is C11H10ClF3O3. The zero-order valence-electron chi connectivity index (χ0n) is 9.08. The summed E-state index contributed by atoms with van der Waals surface area (Å²) in [4.78, 5) is 11.0. The van der Waals surface area contributed by atoms with Crippen LogP contribution in [0.3, 0.4) is 0 Å². The highest BCUT2D eigenvalue weighted by molar-refractivity contribution is 6.30. The minimum atomic E-state index is -4.47. The Bertz CT molecular complexity index is 420. The molecule has 0 radical (unpaired) electrons. The zero-order valence-corrected chi connectivity index (χ0v) is 9.83. The Hall–Kier alpha value is -1.27. The molecular weight excluding hydrogens is 273 g/mol. The third-order valence-electron chi connectivity index (χ3n) is 2.10. The van der Waals surface area contributed by atoms with Gasteiger partial charge in [0.25, 0.3) is 0 Å². The predicted molar refractivity (Wildman–Crippen MR) is 58.7 cm³/mol. The van der Waals surface area contributed by atoms with E-state index in [1.807, 2.05) is 0 Å². The summed E-state index contributed by atoms with van der Waals surface area (Å²) in [6.45, 7) is -2.04. The molecule has 0 saturated heterocycles. The van der Waals surface area contributed by atoms with Gasteiger partial charge in [0.15, 0.2) is 0 Å². The number of carboxylic acid groups (broad SMARTS) is 1. The Kier molecular flexibility index (Phi) is 4.98. The number of rotatable bonds is 5. The maximum atomic E-state index is 11.9. The van der Waals surface area contributed by atoms with Crippen molar-refractivity contribution in [2.45, 2.75) is 12.1 Å². The first-order valence-corrected chi connectivity index (χ1v) is 5.30. The average Bonchev–Trinajstić information content (AvgIpc) is 2.22. The van der Waals surface area contributed by atoms with E-state index in [4.69, 9.17) is 16.7 Å². The summed E-state index contributed by atoms with van der Waals surface area (Å²) in [6.07, 6.45) is -4.47. The van der Waals surface area contributed by atoms with Gasteiger partial charge in [-0.05, 0) is 17.7 Å². The molecule has 0 fully saturated rings. The quantitative estimate of drug-likeness (QED) is 0.903. The lowest BCUT2D eigenvalue weighted by atomic mass is 10.0. The van der Waals surface area contributed by atoms with E-state index in [-0.39, 0.29) is 0 Å². The van der Waals surface area contributed by atoms with E-state index in [9.17, 15) is 18.0 Å². The van der Waals surface area contributed by atoms with E-state index >= 15 is 0 Å². The summed E-state index contributed by atoms with van der Waals surface area (Å²) < 4.78 is 40.0. The van der Waals surface area contributed by atoms with E-state index < -0.39 is 31.3 Å². The number of carbonyl (C=O) groups is 1. The summed E-state index contributed by atoms with van der Waals surface area (Å²) in [5, 5.41) is 9.26. The Morgan fingerprint density at radius 3 is 2.61 bits per heavy atom. The molecule has 1 N–H and O–H groups in total. The lowest BCUT2D eigenvalue weighted by Gasteiger charge is -2.14. The number of ether oxygens (including phenoxy) is 1. The van der Waals surface area contributed by atoms with Gasteiger partial charge in [0.2, 0.25) is 0 Å². The Morgan fingerprint density at radius 2 is 2.11 bits per heavy atom. The second kappa shape index (κ2) is 6.06. The summed E-state index contributed by atoms with van der Waals surface area (Å²) in [7, 11) is 0. The SMILES string of the molecule is O=C(O)C(COCC(F)(F)F)c1cccc(Cl)c1. The lowest BCUT2D eigenvalue weighted by Crippen LogP contribution is -2.23. The highest BCUT2D eigenvalue weighted by atomic mass is 35.5. The molecule has 100 valence electrons. The molecule has 0 aliphatic carbocycles. The lowest BCUT2D eigenvalue weighted by molar-refractivity contribution is -0.177. The molecule has 0 aliphatic heterocycles. The molecule has 0 aliphatic rings. The molecule has 18 heavy (non-hydrogen) atoms. The van der Waals surface area contributed by atoms with Gasteiger partial charge in [-0.25, -0.2) is 0 Å². The fraction of sp³-hybridized carbons (Fsp3) is 0.364. The van der Waals surface area contributed by atoms with E-state index in [2.05, 4.69) is 4.74 Å². The van der Waals surface area contributed by atoms with Gasteiger partial charge >= 0.3 is 12.1 Å². The van der Waals surface area contributed by atoms with Crippen LogP contribution >= 0.6 is 11.6 Å². The third kappa shape index (κ3) is 4.93. The van der Waals surface area contributed by atoms with E-state index in [1.165, 1.54) is 18.2 Å². The van der Waals surface area contributed by atoms with Crippen molar-refractivity contribution in [3.05, 3.63) is 34.9 Å². The van der Waals surface area contributed by atoms with Crippen molar-refractivity contribution in [3.63, 3.8) is 0 Å². The van der Waals surface area contributed by atoms with Crippen molar-refractivity contribution in [2.24, 2.45) is 0 Å². The molecule has 0 saturated carbocycles. The molecule has 1 aromatic rings. The van der Waals surface area contributed by atoms with E-state index in [0.717, 1.165) is 0 Å². The van der Waals surface area contributed by atoms with Crippen LogP contribution in [-0.4, -0.2) is 30.5 Å². The summed E-state index contributed by atoms with van der Waals surface area (Å²) in [6, 6.07) is 5.93. The van der Waals surface area contributed by atoms with Crippen molar-refractivity contribution in [2.75, 3.05) is 13.2 Å². The van der Waals surface area contributed by atoms with Crippen LogP contribution in [-0.2, 0) is 9.53 Å². The molecule has 1 aromatic carbocycles. The van der Waals surface area contributed by atoms with Crippen molar-refractivity contribution < 1.29 is 27.8 Å². The van der Waals surface area contributed by atoms with Crippen molar-refractivity contribution in [1.29, 1.82) is 0 Å². The molecule has 7 heteroatoms. The van der Waals surface area contributed by atoms with Crippen LogP contribution in [0.25, 0.3) is 0 Å². The molecule has 1 rings (SSSR count). The van der Waals surface area contributed by atoms with Gasteiger partial charge in [0.1, 0.15) is 12.5 Å². The molecule has 0 bridgehead atoms. The smallest absolute Gasteiger partial charge is 0.411 e. The van der Waals surface area contributed by atoms with Crippen LogP contribution in [0.1, 0.15) is 11.5 Å². The number of hydrogen-bond donors (Lipinski definition) is 1. The molecule has 3 nitrogen and oxygen atoms in total. The maximum Gasteiger partial charge on any atom is 0.411 e. The zero-order chi connectivity index (χ0) is 13.8. The number of aliphatic carboxylic acids is 1. The largest absolute Gasteiger partial charge is 0.481 e. The first-order chi connectivity index (χ1) is 8.29. The molecule has 0 heterocycles. The van der Waals surface area contributed by atoms with Crippen molar-refractivity contribution >= 4 is 17.6 Å². The van der Waals surface area contributed by atoms with E-state index in [1.54, 1.807) is 6.07 Å². The number of alkyl halides is 3. The standard InChI is InChI=1S/C11H10ClF3O3/c12-8-3-1-2-7(4-8)9(10(16)17)5-18-6-11(13,14)15/h1-4,9H,5-6H2,(H,16,17). The number of carboxylic acids is 1. The molecule has 0 spiro atoms. The molecule has 1 unspecified atom stereocenters. The van der Waals surface area contributed by atoms with Gasteiger partial charge in [0.05, 0.1) is 6.61 Å². The highest BCUT2D eigenvalue weighted by Crippen LogP contribution is 2.22. The second-order valence-electron chi connectivity index (χ2n) is 3.58. The van der Waals surface area contributed by atoms with Gasteiger partial charge in [0, 0.05) is 5.02 Å². The van der Waals surface area contributed by atoms with Gasteiger partial charge in [-0.1, -0.05) is 23.7 Å². The fourth-order valence-electron chi connectivity index (χ4n) is 1.33. The topological polar surface area (TPSA) is 46.5 Å². The normalized spacial score (nSPS) is 13.3. The Morgan fingerprint density at radius 1 is 1.44 bits per heavy atom. The summed E-state index contributed by atoms with van der Waals surface area (Å²) >= 11 is 5.69. The second-order valence-corrected chi connectivity index (χ2v) is 4.01. The molecule has 0 amide bonds. The number of benzene rings is 1. The first-order valence-electron chi connectivity index (χ1n) is 4.92.